The number of aliphatic imine (C=N–C) groups is 1. The molecule has 4 aromatic rings. The zero-order valence-corrected chi connectivity index (χ0v) is 25.5. The second kappa shape index (κ2) is 13.5. The highest BCUT2D eigenvalue weighted by molar-refractivity contribution is 6.31. The van der Waals surface area contributed by atoms with Crippen molar-refractivity contribution in [3.05, 3.63) is 104 Å². The number of hydrogen-bond acceptors (Lipinski definition) is 7. The summed E-state index contributed by atoms with van der Waals surface area (Å²) in [6.07, 6.45) is 5.25. The van der Waals surface area contributed by atoms with Gasteiger partial charge in [-0.3, -0.25) is 14.4 Å². The molecule has 1 unspecified atom stereocenters. The van der Waals surface area contributed by atoms with Crippen LogP contribution in [0.2, 0.25) is 5.02 Å². The number of aryl methyl sites for hydroxylation is 1. The summed E-state index contributed by atoms with van der Waals surface area (Å²) < 4.78 is 74.6. The molecule has 2 atom stereocenters. The SMILES string of the molecule is [B]C(O)(O)n1ncc([C@@H](C)C(C)c2cc(C)n(/C=C(F)/C(=N/C=C/C)c3cccc(-c4ncnn4C(F)F)c3F)c(=O)c2Cl)c1F. The second-order valence-electron chi connectivity index (χ2n) is 10.2. The molecule has 0 saturated carbocycles. The summed E-state index contributed by atoms with van der Waals surface area (Å²) >= 11 is 6.44. The Balaban J connectivity index is 1.77. The Morgan fingerprint density at radius 3 is 2.43 bits per heavy atom. The van der Waals surface area contributed by atoms with Crippen LogP contribution in [0.15, 0.2) is 64.7 Å². The molecule has 3 aromatic heterocycles. The molecule has 0 fully saturated rings. The number of benzene rings is 1. The lowest BCUT2D eigenvalue weighted by atomic mass is 9.85. The first-order valence-electron chi connectivity index (χ1n) is 13.5. The van der Waals surface area contributed by atoms with Crippen LogP contribution in [0.1, 0.15) is 61.5 Å². The van der Waals surface area contributed by atoms with Crippen molar-refractivity contribution in [2.24, 2.45) is 4.99 Å². The summed E-state index contributed by atoms with van der Waals surface area (Å²) in [7, 11) is 5.12. The number of nitrogens with zero attached hydrogens (tertiary/aromatic N) is 7. The van der Waals surface area contributed by atoms with Gasteiger partial charge in [0.05, 0.1) is 18.0 Å². The van der Waals surface area contributed by atoms with E-state index in [1.165, 1.54) is 43.5 Å². The Morgan fingerprint density at radius 1 is 1.15 bits per heavy atom. The zero-order valence-electron chi connectivity index (χ0n) is 24.7. The summed E-state index contributed by atoms with van der Waals surface area (Å²) in [4.78, 5) is 21.1. The van der Waals surface area contributed by atoms with Gasteiger partial charge in [0.15, 0.2) is 19.5 Å². The van der Waals surface area contributed by atoms with Gasteiger partial charge < -0.3 is 10.2 Å². The Kier molecular flexibility index (Phi) is 10.1. The van der Waals surface area contributed by atoms with Crippen molar-refractivity contribution in [2.45, 2.75) is 51.9 Å². The van der Waals surface area contributed by atoms with E-state index in [-0.39, 0.29) is 31.2 Å². The molecular formula is C29H26BClF5N7O3. The number of hydrogen-bond donors (Lipinski definition) is 2. The second-order valence-corrected chi connectivity index (χ2v) is 10.6. The standard InChI is InChI=1S/C29H26BClF5N7O3/c1-5-9-37-24(17-7-6-8-18(23(17)33)26-38-13-40-42(26)28(35)36)21(32)12-41-14(2)10-19(22(31)27(41)44)15(3)16(4)20-11-39-43(25(20)34)29(30,45)46/h5-13,15-16,28,45-46H,1-4H3/b9-5+,21-12-,37-24+/t15?,16-/m0/s1. The maximum absolute atomic E-state index is 15.9. The molecule has 3 heterocycles. The van der Waals surface area contributed by atoms with Crippen LogP contribution in [0.25, 0.3) is 17.6 Å². The Hall–Kier alpha value is -4.41. The van der Waals surface area contributed by atoms with Crippen LogP contribution in [0.5, 0.6) is 0 Å². The van der Waals surface area contributed by atoms with Crippen LogP contribution >= 0.6 is 11.6 Å². The first-order chi connectivity index (χ1) is 21.6. The van der Waals surface area contributed by atoms with E-state index in [4.69, 9.17) is 19.4 Å². The largest absolute Gasteiger partial charge is 0.356 e. The number of halogens is 6. The van der Waals surface area contributed by atoms with Crippen LogP contribution < -0.4 is 5.56 Å². The molecule has 17 heteroatoms. The Bertz CT molecular complexity index is 1910. The van der Waals surface area contributed by atoms with E-state index >= 15 is 8.78 Å². The number of pyridine rings is 1. The van der Waals surface area contributed by atoms with E-state index in [1.54, 1.807) is 20.8 Å². The number of allylic oxidation sites excluding steroid dienone is 2. The molecule has 2 N–H and O–H groups in total. The zero-order chi connectivity index (χ0) is 34.1. The van der Waals surface area contributed by atoms with E-state index in [0.717, 1.165) is 23.3 Å². The van der Waals surface area contributed by atoms with Gasteiger partial charge in [-0.25, -0.2) is 13.8 Å². The molecule has 0 bridgehead atoms. The predicted molar refractivity (Wildman–Crippen MR) is 161 cm³/mol. The molecule has 0 aliphatic carbocycles. The molecule has 10 nitrogen and oxygen atoms in total. The average Bonchev–Trinajstić information content (AvgIpc) is 3.64. The van der Waals surface area contributed by atoms with Crippen LogP contribution in [-0.4, -0.2) is 52.9 Å². The van der Waals surface area contributed by atoms with Gasteiger partial charge in [0.2, 0.25) is 11.8 Å². The molecular weight excluding hydrogens is 636 g/mol. The van der Waals surface area contributed by atoms with Crippen LogP contribution in [0.3, 0.4) is 0 Å². The molecule has 1 aromatic carbocycles. The fourth-order valence-corrected chi connectivity index (χ4v) is 5.03. The summed E-state index contributed by atoms with van der Waals surface area (Å²) in [6, 6.07) is 5.12. The monoisotopic (exact) mass is 661 g/mol. The fraction of sp³-hybridized carbons (Fsp3) is 0.276. The number of aliphatic hydroxyl groups is 2. The van der Waals surface area contributed by atoms with E-state index < -0.39 is 70.0 Å². The summed E-state index contributed by atoms with van der Waals surface area (Å²) in [5, 5.41) is 25.7. The quantitative estimate of drug-likeness (QED) is 0.102. The van der Waals surface area contributed by atoms with E-state index in [9.17, 15) is 28.2 Å². The lowest BCUT2D eigenvalue weighted by Crippen LogP contribution is -2.35. The molecule has 240 valence electrons. The van der Waals surface area contributed by atoms with Gasteiger partial charge >= 0.3 is 6.55 Å². The van der Waals surface area contributed by atoms with Gasteiger partial charge in [0.1, 0.15) is 22.9 Å². The molecule has 0 spiro atoms. The third-order valence-electron chi connectivity index (χ3n) is 7.26. The van der Waals surface area contributed by atoms with Crippen molar-refractivity contribution >= 4 is 31.4 Å². The topological polar surface area (TPSA) is 123 Å². The smallest absolute Gasteiger partial charge is 0.335 e. The molecule has 0 amide bonds. The minimum Gasteiger partial charge on any atom is -0.356 e. The van der Waals surface area contributed by atoms with Gasteiger partial charge in [-0.2, -0.15) is 32.7 Å². The minimum absolute atomic E-state index is 0.0462. The molecule has 0 aliphatic heterocycles. The molecule has 46 heavy (non-hydrogen) atoms. The van der Waals surface area contributed by atoms with Crippen LogP contribution in [0.4, 0.5) is 22.0 Å². The summed E-state index contributed by atoms with van der Waals surface area (Å²) in [6.45, 7) is 3.16. The third-order valence-corrected chi connectivity index (χ3v) is 7.64. The van der Waals surface area contributed by atoms with Gasteiger partial charge in [-0.05, 0) is 49.4 Å². The van der Waals surface area contributed by atoms with Crippen molar-refractivity contribution in [2.75, 3.05) is 0 Å². The normalized spacial score (nSPS) is 14.5. The minimum atomic E-state index is -3.12. The summed E-state index contributed by atoms with van der Waals surface area (Å²) in [5.41, 5.74) is -1.83. The highest BCUT2D eigenvalue weighted by Crippen LogP contribution is 2.37. The molecule has 0 aliphatic rings. The van der Waals surface area contributed by atoms with Gasteiger partial charge in [-0.1, -0.05) is 37.6 Å². The predicted octanol–water partition coefficient (Wildman–Crippen LogP) is 5.36. The van der Waals surface area contributed by atoms with Crippen molar-refractivity contribution < 1.29 is 32.2 Å². The highest BCUT2D eigenvalue weighted by Gasteiger charge is 2.30. The Morgan fingerprint density at radius 2 is 1.83 bits per heavy atom. The number of alkyl halides is 2. The average molecular weight is 662 g/mol. The van der Waals surface area contributed by atoms with Gasteiger partial charge in [0.25, 0.3) is 5.56 Å². The van der Waals surface area contributed by atoms with Gasteiger partial charge in [-0.15, -0.1) is 0 Å². The molecule has 2 radical (unpaired) electrons. The Labute approximate surface area is 265 Å². The fourth-order valence-electron chi connectivity index (χ4n) is 4.72. The highest BCUT2D eigenvalue weighted by atomic mass is 35.5. The van der Waals surface area contributed by atoms with E-state index in [2.05, 4.69) is 20.2 Å². The van der Waals surface area contributed by atoms with Crippen molar-refractivity contribution in [1.82, 2.24) is 29.1 Å². The molecule has 0 saturated heterocycles. The first kappa shape index (κ1) is 34.5. The maximum Gasteiger partial charge on any atom is 0.335 e. The van der Waals surface area contributed by atoms with Crippen LogP contribution in [-0.2, 0) is 5.81 Å². The first-order valence-corrected chi connectivity index (χ1v) is 13.9. The number of aromatic nitrogens is 6. The lowest BCUT2D eigenvalue weighted by Gasteiger charge is -2.22. The third kappa shape index (κ3) is 6.59. The lowest BCUT2D eigenvalue weighted by molar-refractivity contribution is -0.166. The summed E-state index contributed by atoms with van der Waals surface area (Å²) in [5.74, 6) is -8.33. The van der Waals surface area contributed by atoms with E-state index in [1.807, 2.05) is 0 Å². The van der Waals surface area contributed by atoms with Crippen molar-refractivity contribution in [3.63, 3.8) is 0 Å². The van der Waals surface area contributed by atoms with E-state index in [0.29, 0.717) is 0 Å². The molecule has 4 rings (SSSR count). The van der Waals surface area contributed by atoms with Crippen molar-refractivity contribution in [3.8, 4) is 11.4 Å². The van der Waals surface area contributed by atoms with Crippen LogP contribution in [0, 0.1) is 18.7 Å². The van der Waals surface area contributed by atoms with Gasteiger partial charge in [0, 0.05) is 23.0 Å². The van der Waals surface area contributed by atoms with Crippen molar-refractivity contribution in [1.29, 1.82) is 0 Å². The maximum atomic E-state index is 15.9. The number of rotatable bonds is 10.